The van der Waals surface area contributed by atoms with Crippen LogP contribution in [0.5, 0.6) is 0 Å². The number of aliphatic imine (C=N–C) groups is 1. The molecule has 1 aliphatic rings. The number of thiazole rings is 1. The molecule has 2 aromatic rings. The van der Waals surface area contributed by atoms with Crippen molar-refractivity contribution < 1.29 is 4.39 Å². The second-order valence-electron chi connectivity index (χ2n) is 6.41. The van der Waals surface area contributed by atoms with Crippen molar-refractivity contribution in [2.75, 3.05) is 13.1 Å². The fourth-order valence-electron chi connectivity index (χ4n) is 2.86. The van der Waals surface area contributed by atoms with E-state index >= 15 is 0 Å². The highest BCUT2D eigenvalue weighted by molar-refractivity contribution is 7.11. The van der Waals surface area contributed by atoms with Crippen molar-refractivity contribution in [3.63, 3.8) is 0 Å². The first-order valence-electron chi connectivity index (χ1n) is 8.87. The second-order valence-corrected chi connectivity index (χ2v) is 7.61. The van der Waals surface area contributed by atoms with E-state index in [1.165, 1.54) is 10.9 Å². The fraction of sp³-hybridized carbons (Fsp3) is 0.474. The minimum absolute atomic E-state index is 0.0366. The van der Waals surface area contributed by atoms with Gasteiger partial charge in [0.05, 0.1) is 6.54 Å². The molecule has 2 N–H and O–H groups in total. The SMILES string of the molecule is CCNC(=NCc1ncc(CC)s1)NCC1(c2cccc(F)c2)CC1. The van der Waals surface area contributed by atoms with Gasteiger partial charge in [-0.15, -0.1) is 11.3 Å². The number of nitrogens with zero attached hydrogens (tertiary/aromatic N) is 2. The van der Waals surface area contributed by atoms with E-state index in [0.717, 1.165) is 48.9 Å². The molecule has 1 aromatic carbocycles. The molecule has 6 heteroatoms. The normalized spacial score (nSPS) is 15.9. The summed E-state index contributed by atoms with van der Waals surface area (Å²) in [5, 5.41) is 7.73. The van der Waals surface area contributed by atoms with Gasteiger partial charge in [0, 0.05) is 29.6 Å². The molecule has 0 radical (unpaired) electrons. The number of guanidine groups is 1. The third-order valence-corrected chi connectivity index (χ3v) is 5.68. The van der Waals surface area contributed by atoms with Crippen LogP contribution in [0.4, 0.5) is 4.39 Å². The summed E-state index contributed by atoms with van der Waals surface area (Å²) >= 11 is 1.71. The minimum atomic E-state index is -0.167. The van der Waals surface area contributed by atoms with Gasteiger partial charge in [0.2, 0.25) is 0 Å². The van der Waals surface area contributed by atoms with Gasteiger partial charge in [-0.25, -0.2) is 14.4 Å². The van der Waals surface area contributed by atoms with Crippen LogP contribution in [-0.4, -0.2) is 24.0 Å². The maximum Gasteiger partial charge on any atom is 0.191 e. The third-order valence-electron chi connectivity index (χ3n) is 4.55. The third kappa shape index (κ3) is 4.57. The predicted molar refractivity (Wildman–Crippen MR) is 102 cm³/mol. The highest BCUT2D eigenvalue weighted by atomic mass is 32.1. The van der Waals surface area contributed by atoms with Crippen LogP contribution in [0, 0.1) is 5.82 Å². The van der Waals surface area contributed by atoms with Gasteiger partial charge in [0.15, 0.2) is 5.96 Å². The average molecular weight is 361 g/mol. The van der Waals surface area contributed by atoms with E-state index in [1.54, 1.807) is 23.5 Å². The first-order chi connectivity index (χ1) is 12.1. The Morgan fingerprint density at radius 3 is 2.80 bits per heavy atom. The molecule has 3 rings (SSSR count). The first kappa shape index (κ1) is 17.9. The van der Waals surface area contributed by atoms with Gasteiger partial charge in [-0.05, 0) is 43.9 Å². The van der Waals surface area contributed by atoms with Crippen LogP contribution in [0.3, 0.4) is 0 Å². The number of rotatable bonds is 7. The van der Waals surface area contributed by atoms with Gasteiger partial charge in [-0.1, -0.05) is 19.1 Å². The lowest BCUT2D eigenvalue weighted by atomic mass is 9.96. The maximum absolute atomic E-state index is 13.5. The molecule has 1 saturated carbocycles. The van der Waals surface area contributed by atoms with Crippen LogP contribution in [-0.2, 0) is 18.4 Å². The Hall–Kier alpha value is -1.95. The number of nitrogens with one attached hydrogen (secondary N) is 2. The van der Waals surface area contributed by atoms with Crippen LogP contribution in [0.1, 0.15) is 42.1 Å². The summed E-state index contributed by atoms with van der Waals surface area (Å²) in [4.78, 5) is 10.3. The second kappa shape index (κ2) is 7.95. The number of halogens is 1. The van der Waals surface area contributed by atoms with Crippen molar-refractivity contribution in [2.45, 2.75) is 45.1 Å². The highest BCUT2D eigenvalue weighted by Gasteiger charge is 2.44. The van der Waals surface area contributed by atoms with E-state index in [2.05, 4.69) is 34.5 Å². The van der Waals surface area contributed by atoms with Crippen LogP contribution < -0.4 is 10.6 Å². The largest absolute Gasteiger partial charge is 0.357 e. The molecule has 25 heavy (non-hydrogen) atoms. The summed E-state index contributed by atoms with van der Waals surface area (Å²) in [5.74, 6) is 0.623. The van der Waals surface area contributed by atoms with Crippen molar-refractivity contribution in [2.24, 2.45) is 4.99 Å². The summed E-state index contributed by atoms with van der Waals surface area (Å²) in [6.07, 6.45) is 5.10. The average Bonchev–Trinajstić information content (AvgIpc) is 3.27. The zero-order valence-corrected chi connectivity index (χ0v) is 15.6. The Morgan fingerprint density at radius 1 is 1.32 bits per heavy atom. The molecule has 134 valence electrons. The molecule has 1 heterocycles. The van der Waals surface area contributed by atoms with E-state index in [9.17, 15) is 4.39 Å². The first-order valence-corrected chi connectivity index (χ1v) is 9.68. The molecule has 1 fully saturated rings. The fourth-order valence-corrected chi connectivity index (χ4v) is 3.65. The standard InChI is InChI=1S/C19H25FN4S/c1-3-16-11-22-17(25-16)12-23-18(21-4-2)24-13-19(8-9-19)14-6-5-7-15(20)10-14/h5-7,10-11H,3-4,8-9,12-13H2,1-2H3,(H2,21,23,24). The summed E-state index contributed by atoms with van der Waals surface area (Å²) in [6, 6.07) is 6.96. The van der Waals surface area contributed by atoms with Crippen LogP contribution in [0.15, 0.2) is 35.5 Å². The van der Waals surface area contributed by atoms with Crippen molar-refractivity contribution >= 4 is 17.3 Å². The number of hydrogen-bond acceptors (Lipinski definition) is 3. The van der Waals surface area contributed by atoms with Crippen LogP contribution in [0.25, 0.3) is 0 Å². The summed E-state index contributed by atoms with van der Waals surface area (Å²) < 4.78 is 13.5. The van der Waals surface area contributed by atoms with Gasteiger partial charge >= 0.3 is 0 Å². The molecule has 4 nitrogen and oxygen atoms in total. The predicted octanol–water partition coefficient (Wildman–Crippen LogP) is 3.63. The summed E-state index contributed by atoms with van der Waals surface area (Å²) in [7, 11) is 0. The number of hydrogen-bond donors (Lipinski definition) is 2. The molecule has 0 bridgehead atoms. The zero-order chi connectivity index (χ0) is 17.7. The molecule has 0 amide bonds. The number of benzene rings is 1. The van der Waals surface area contributed by atoms with Gasteiger partial charge in [-0.3, -0.25) is 0 Å². The lowest BCUT2D eigenvalue weighted by Gasteiger charge is -2.19. The van der Waals surface area contributed by atoms with Crippen molar-refractivity contribution in [3.8, 4) is 0 Å². The summed E-state index contributed by atoms with van der Waals surface area (Å²) in [6.45, 7) is 6.33. The van der Waals surface area contributed by atoms with Crippen LogP contribution >= 0.6 is 11.3 Å². The molecule has 0 aliphatic heterocycles. The molecule has 1 aliphatic carbocycles. The highest BCUT2D eigenvalue weighted by Crippen LogP contribution is 2.47. The Bertz CT molecular complexity index is 737. The summed E-state index contributed by atoms with van der Waals surface area (Å²) in [5.41, 5.74) is 1.11. The Labute approximate surface area is 152 Å². The lowest BCUT2D eigenvalue weighted by Crippen LogP contribution is -2.41. The van der Waals surface area contributed by atoms with Crippen molar-refractivity contribution in [3.05, 3.63) is 51.7 Å². The molecular weight excluding hydrogens is 335 g/mol. The van der Waals surface area contributed by atoms with E-state index in [-0.39, 0.29) is 11.2 Å². The van der Waals surface area contributed by atoms with E-state index in [1.807, 2.05) is 12.3 Å². The van der Waals surface area contributed by atoms with E-state index in [0.29, 0.717) is 6.54 Å². The molecule has 0 saturated heterocycles. The van der Waals surface area contributed by atoms with Crippen molar-refractivity contribution in [1.29, 1.82) is 0 Å². The Morgan fingerprint density at radius 2 is 2.16 bits per heavy atom. The van der Waals surface area contributed by atoms with Gasteiger partial charge < -0.3 is 10.6 Å². The Balaban J connectivity index is 1.62. The van der Waals surface area contributed by atoms with E-state index < -0.39 is 0 Å². The minimum Gasteiger partial charge on any atom is -0.357 e. The van der Waals surface area contributed by atoms with Gasteiger partial charge in [0.1, 0.15) is 10.8 Å². The smallest absolute Gasteiger partial charge is 0.191 e. The molecule has 0 atom stereocenters. The Kier molecular flexibility index (Phi) is 5.68. The monoisotopic (exact) mass is 360 g/mol. The number of aryl methyl sites for hydroxylation is 1. The molecule has 1 aromatic heterocycles. The number of aromatic nitrogens is 1. The molecule has 0 spiro atoms. The lowest BCUT2D eigenvalue weighted by molar-refractivity contribution is 0.607. The van der Waals surface area contributed by atoms with E-state index in [4.69, 9.17) is 0 Å². The molecular formula is C19H25FN4S. The quantitative estimate of drug-likeness (QED) is 0.585. The van der Waals surface area contributed by atoms with Crippen LogP contribution in [0.2, 0.25) is 0 Å². The maximum atomic E-state index is 13.5. The zero-order valence-electron chi connectivity index (χ0n) is 14.8. The molecule has 0 unspecified atom stereocenters. The van der Waals surface area contributed by atoms with Crippen molar-refractivity contribution in [1.82, 2.24) is 15.6 Å². The topological polar surface area (TPSA) is 49.3 Å². The van der Waals surface area contributed by atoms with Gasteiger partial charge in [0.25, 0.3) is 0 Å². The van der Waals surface area contributed by atoms with Gasteiger partial charge in [-0.2, -0.15) is 0 Å².